The lowest BCUT2D eigenvalue weighted by Gasteiger charge is -2.14. The number of halogens is 1. The van der Waals surface area contributed by atoms with Crippen LogP contribution in [0.15, 0.2) is 94.4 Å². The predicted octanol–water partition coefficient (Wildman–Crippen LogP) is 6.57. The van der Waals surface area contributed by atoms with Gasteiger partial charge in [0, 0.05) is 15.9 Å². The number of aromatic nitrogens is 1. The van der Waals surface area contributed by atoms with E-state index in [1.54, 1.807) is 11.3 Å². The molecule has 0 aliphatic heterocycles. The van der Waals surface area contributed by atoms with E-state index >= 15 is 0 Å². The molecule has 0 atom stereocenters. The highest BCUT2D eigenvalue weighted by Gasteiger charge is 2.23. The summed E-state index contributed by atoms with van der Waals surface area (Å²) >= 11 is 5.07. The summed E-state index contributed by atoms with van der Waals surface area (Å²) in [4.78, 5) is 20.0. The van der Waals surface area contributed by atoms with Gasteiger partial charge in [0.15, 0.2) is 4.80 Å². The van der Waals surface area contributed by atoms with Crippen LogP contribution in [0.3, 0.4) is 0 Å². The predicted molar refractivity (Wildman–Crippen MR) is 131 cm³/mol. The molecule has 0 aliphatic rings. The lowest BCUT2D eigenvalue weighted by molar-refractivity contribution is -0.118. The number of amides is 1. The van der Waals surface area contributed by atoms with Gasteiger partial charge in [0.05, 0.1) is 11.6 Å². The van der Waals surface area contributed by atoms with E-state index in [0.29, 0.717) is 0 Å². The monoisotopic (exact) mass is 490 g/mol. The molecule has 1 amide bonds. The van der Waals surface area contributed by atoms with Crippen LogP contribution in [0.1, 0.15) is 28.8 Å². The highest BCUT2D eigenvalue weighted by atomic mass is 79.9. The fourth-order valence-corrected chi connectivity index (χ4v) is 5.13. The van der Waals surface area contributed by atoms with Crippen molar-refractivity contribution < 1.29 is 4.79 Å². The second-order valence-electron chi connectivity index (χ2n) is 7.25. The Morgan fingerprint density at radius 2 is 1.48 bits per heavy atom. The smallest absolute Gasteiger partial charge is 0.260 e. The average molecular weight is 491 g/mol. The van der Waals surface area contributed by atoms with Gasteiger partial charge in [-0.05, 0) is 42.7 Å². The van der Waals surface area contributed by atoms with Gasteiger partial charge in [0.2, 0.25) is 0 Å². The third-order valence-electron chi connectivity index (χ3n) is 5.23. The number of thiazole rings is 1. The largest absolute Gasteiger partial charge is 0.316 e. The Morgan fingerprint density at radius 1 is 0.935 bits per heavy atom. The number of carbonyl (C=O) groups excluding carboxylic acids is 1. The SMILES string of the molecule is CCn1c(-c2ccc(Br)cc2)c(C)sc1=NC(=O)C(c1ccccc1)c1ccccc1. The van der Waals surface area contributed by atoms with Crippen molar-refractivity contribution in [1.29, 1.82) is 0 Å². The first-order chi connectivity index (χ1) is 15.1. The Kier molecular flexibility index (Phi) is 6.64. The van der Waals surface area contributed by atoms with Crippen molar-refractivity contribution in [3.63, 3.8) is 0 Å². The van der Waals surface area contributed by atoms with E-state index in [1.165, 1.54) is 0 Å². The van der Waals surface area contributed by atoms with Crippen LogP contribution in [0.5, 0.6) is 0 Å². The van der Waals surface area contributed by atoms with E-state index in [1.807, 2.05) is 72.8 Å². The number of benzene rings is 3. The van der Waals surface area contributed by atoms with Gasteiger partial charge in [-0.15, -0.1) is 11.3 Å². The molecule has 0 saturated carbocycles. The van der Waals surface area contributed by atoms with Crippen molar-refractivity contribution in [2.24, 2.45) is 4.99 Å². The second-order valence-corrected chi connectivity index (χ2v) is 9.34. The first kappa shape index (κ1) is 21.5. The molecule has 0 aliphatic carbocycles. The Labute approximate surface area is 194 Å². The fourth-order valence-electron chi connectivity index (χ4n) is 3.80. The van der Waals surface area contributed by atoms with Crippen molar-refractivity contribution in [2.75, 3.05) is 0 Å². The Morgan fingerprint density at radius 3 is 2.00 bits per heavy atom. The van der Waals surface area contributed by atoms with Gasteiger partial charge in [-0.25, -0.2) is 0 Å². The number of carbonyl (C=O) groups is 1. The highest BCUT2D eigenvalue weighted by molar-refractivity contribution is 9.10. The van der Waals surface area contributed by atoms with Crippen molar-refractivity contribution in [3.8, 4) is 11.3 Å². The maximum atomic E-state index is 13.5. The minimum absolute atomic E-state index is 0.150. The molecule has 0 spiro atoms. The van der Waals surface area contributed by atoms with Crippen LogP contribution >= 0.6 is 27.3 Å². The van der Waals surface area contributed by atoms with Crippen molar-refractivity contribution in [2.45, 2.75) is 26.3 Å². The van der Waals surface area contributed by atoms with Gasteiger partial charge in [0.1, 0.15) is 0 Å². The van der Waals surface area contributed by atoms with Gasteiger partial charge in [-0.3, -0.25) is 4.79 Å². The third kappa shape index (κ3) is 4.63. The molecule has 3 aromatic carbocycles. The molecule has 0 saturated heterocycles. The van der Waals surface area contributed by atoms with Crippen molar-refractivity contribution in [1.82, 2.24) is 4.57 Å². The van der Waals surface area contributed by atoms with Crippen LogP contribution in [-0.2, 0) is 11.3 Å². The van der Waals surface area contributed by atoms with Gasteiger partial charge in [-0.1, -0.05) is 88.7 Å². The zero-order chi connectivity index (χ0) is 21.8. The third-order valence-corrected chi connectivity index (χ3v) is 6.75. The van der Waals surface area contributed by atoms with Crippen LogP contribution in [0.2, 0.25) is 0 Å². The molecule has 1 heterocycles. The first-order valence-electron chi connectivity index (χ1n) is 10.2. The Balaban J connectivity index is 1.82. The normalized spacial score (nSPS) is 11.8. The zero-order valence-electron chi connectivity index (χ0n) is 17.5. The van der Waals surface area contributed by atoms with Gasteiger partial charge in [0.25, 0.3) is 5.91 Å². The summed E-state index contributed by atoms with van der Waals surface area (Å²) in [5, 5.41) is 0. The zero-order valence-corrected chi connectivity index (χ0v) is 19.9. The number of nitrogens with zero attached hydrogens (tertiary/aromatic N) is 2. The number of hydrogen-bond acceptors (Lipinski definition) is 2. The van der Waals surface area contributed by atoms with E-state index in [-0.39, 0.29) is 5.91 Å². The van der Waals surface area contributed by atoms with Gasteiger partial charge in [-0.2, -0.15) is 4.99 Å². The molecule has 0 radical (unpaired) electrons. The summed E-state index contributed by atoms with van der Waals surface area (Å²) in [7, 11) is 0. The highest BCUT2D eigenvalue weighted by Crippen LogP contribution is 2.28. The topological polar surface area (TPSA) is 34.4 Å². The number of aryl methyl sites for hydroxylation is 1. The molecule has 4 rings (SSSR count). The van der Waals surface area contributed by atoms with E-state index in [4.69, 9.17) is 0 Å². The molecule has 0 fully saturated rings. The van der Waals surface area contributed by atoms with E-state index in [2.05, 4.69) is 51.5 Å². The molecule has 156 valence electrons. The molecule has 5 heteroatoms. The molecule has 1 aromatic heterocycles. The molecule has 0 unspecified atom stereocenters. The molecule has 0 bridgehead atoms. The summed E-state index contributed by atoms with van der Waals surface area (Å²) in [5.74, 6) is -0.575. The van der Waals surface area contributed by atoms with Gasteiger partial charge < -0.3 is 4.57 Å². The summed E-state index contributed by atoms with van der Waals surface area (Å²) < 4.78 is 3.18. The summed E-state index contributed by atoms with van der Waals surface area (Å²) in [5.41, 5.74) is 4.14. The minimum Gasteiger partial charge on any atom is -0.316 e. The van der Waals surface area contributed by atoms with E-state index in [9.17, 15) is 4.79 Å². The maximum Gasteiger partial charge on any atom is 0.260 e. The molecular formula is C26H23BrN2OS. The van der Waals surface area contributed by atoms with Crippen LogP contribution in [0.25, 0.3) is 11.3 Å². The molecule has 31 heavy (non-hydrogen) atoms. The molecule has 3 nitrogen and oxygen atoms in total. The number of rotatable bonds is 5. The van der Waals surface area contributed by atoms with Crippen LogP contribution < -0.4 is 4.80 Å². The summed E-state index contributed by atoms with van der Waals surface area (Å²) in [6.45, 7) is 4.91. The first-order valence-corrected chi connectivity index (χ1v) is 11.8. The standard InChI is InChI=1S/C26H23BrN2OS/c1-3-29-24(21-14-16-22(27)17-15-21)18(2)31-26(29)28-25(30)23(19-10-6-4-7-11-19)20-12-8-5-9-13-20/h4-17,23H,3H2,1-2H3. The Bertz CT molecular complexity index is 1200. The summed E-state index contributed by atoms with van der Waals surface area (Å²) in [6.07, 6.45) is 0. The quantitative estimate of drug-likeness (QED) is 0.311. The summed E-state index contributed by atoms with van der Waals surface area (Å²) in [6, 6.07) is 28.0. The average Bonchev–Trinajstić information content (AvgIpc) is 3.10. The van der Waals surface area contributed by atoms with Crippen LogP contribution in [0, 0.1) is 6.92 Å². The van der Waals surface area contributed by atoms with Crippen LogP contribution in [-0.4, -0.2) is 10.5 Å². The molecule has 4 aromatic rings. The Hall–Kier alpha value is -2.76. The second kappa shape index (κ2) is 9.58. The van der Waals surface area contributed by atoms with Gasteiger partial charge >= 0.3 is 0 Å². The van der Waals surface area contributed by atoms with E-state index < -0.39 is 5.92 Å². The minimum atomic E-state index is -0.425. The fraction of sp³-hybridized carbons (Fsp3) is 0.154. The molecular weight excluding hydrogens is 468 g/mol. The lowest BCUT2D eigenvalue weighted by atomic mass is 9.91. The lowest BCUT2D eigenvalue weighted by Crippen LogP contribution is -2.20. The van der Waals surface area contributed by atoms with Crippen LogP contribution in [0.4, 0.5) is 0 Å². The van der Waals surface area contributed by atoms with Crippen molar-refractivity contribution >= 4 is 33.2 Å². The van der Waals surface area contributed by atoms with E-state index in [0.717, 1.165) is 43.1 Å². The van der Waals surface area contributed by atoms with Crippen molar-refractivity contribution in [3.05, 3.63) is 110 Å². The number of hydrogen-bond donors (Lipinski definition) is 0. The maximum absolute atomic E-state index is 13.5. The molecule has 0 N–H and O–H groups in total.